The van der Waals surface area contributed by atoms with Gasteiger partial charge in [-0.25, -0.2) is 0 Å². The molecule has 0 aromatic carbocycles. The van der Waals surface area contributed by atoms with Crippen LogP contribution in [0.15, 0.2) is 0 Å². The molecule has 66 valence electrons. The van der Waals surface area contributed by atoms with E-state index in [0.29, 0.717) is 13.0 Å². The van der Waals surface area contributed by atoms with Crippen LogP contribution in [0.1, 0.15) is 13.3 Å². The lowest BCUT2D eigenvalue weighted by Gasteiger charge is -2.35. The monoisotopic (exact) mass is 161 g/mol. The second-order valence-corrected chi connectivity index (χ2v) is 3.02. The minimum atomic E-state index is -0.762. The van der Waals surface area contributed by atoms with Crippen LogP contribution in [0.25, 0.3) is 0 Å². The van der Waals surface area contributed by atoms with Crippen LogP contribution in [0.2, 0.25) is 0 Å². The topological polar surface area (TPSA) is 75.7 Å². The predicted octanol–water partition coefficient (Wildman–Crippen LogP) is -0.951. The zero-order valence-corrected chi connectivity index (χ0v) is 6.60. The van der Waals surface area contributed by atoms with Crippen molar-refractivity contribution in [2.75, 3.05) is 6.54 Å². The molecule has 0 bridgehead atoms. The molecule has 4 nitrogen and oxygen atoms in total. The van der Waals surface area contributed by atoms with Crippen LogP contribution < -0.4 is 5.73 Å². The standard InChI is InChI=1S/C7H15NO3/c1-4-7(10)5(3-8)2-6(9)11-4/h4-7,9-10H,2-3,8H2,1H3/t4-,5-,6?,7-/m0/s1. The van der Waals surface area contributed by atoms with Crippen molar-refractivity contribution in [2.24, 2.45) is 11.7 Å². The van der Waals surface area contributed by atoms with E-state index in [1.54, 1.807) is 6.92 Å². The highest BCUT2D eigenvalue weighted by molar-refractivity contribution is 4.80. The third kappa shape index (κ3) is 1.90. The molecular weight excluding hydrogens is 146 g/mol. The SMILES string of the molecule is C[C@@H]1OC(O)C[C@@H](CN)[C@H]1O. The van der Waals surface area contributed by atoms with E-state index >= 15 is 0 Å². The third-order valence-corrected chi connectivity index (χ3v) is 2.14. The number of rotatable bonds is 1. The minimum Gasteiger partial charge on any atom is -0.390 e. The lowest BCUT2D eigenvalue weighted by Crippen LogP contribution is -2.46. The van der Waals surface area contributed by atoms with Crippen LogP contribution in [0.4, 0.5) is 0 Å². The van der Waals surface area contributed by atoms with Gasteiger partial charge in [-0.3, -0.25) is 0 Å². The summed E-state index contributed by atoms with van der Waals surface area (Å²) in [4.78, 5) is 0. The first-order valence-corrected chi connectivity index (χ1v) is 3.86. The minimum absolute atomic E-state index is 0.0336. The molecule has 1 saturated heterocycles. The van der Waals surface area contributed by atoms with E-state index in [0.717, 1.165) is 0 Å². The van der Waals surface area contributed by atoms with Gasteiger partial charge in [0.05, 0.1) is 12.2 Å². The summed E-state index contributed by atoms with van der Waals surface area (Å²) in [6.07, 6.45) is -1.18. The van der Waals surface area contributed by atoms with Gasteiger partial charge in [-0.2, -0.15) is 0 Å². The zero-order chi connectivity index (χ0) is 8.43. The van der Waals surface area contributed by atoms with Crippen molar-refractivity contribution in [1.82, 2.24) is 0 Å². The van der Waals surface area contributed by atoms with Gasteiger partial charge < -0.3 is 20.7 Å². The number of ether oxygens (including phenoxy) is 1. The summed E-state index contributed by atoms with van der Waals surface area (Å²) >= 11 is 0. The Labute approximate surface area is 66.0 Å². The second-order valence-electron chi connectivity index (χ2n) is 3.02. The maximum atomic E-state index is 9.44. The fourth-order valence-electron chi connectivity index (χ4n) is 1.40. The average molecular weight is 161 g/mol. The normalized spacial score (nSPS) is 45.8. The fourth-order valence-corrected chi connectivity index (χ4v) is 1.40. The summed E-state index contributed by atoms with van der Waals surface area (Å²) in [6.45, 7) is 2.13. The van der Waals surface area contributed by atoms with Crippen LogP contribution in [0, 0.1) is 5.92 Å². The fraction of sp³-hybridized carbons (Fsp3) is 1.00. The van der Waals surface area contributed by atoms with Crippen molar-refractivity contribution >= 4 is 0 Å². The maximum Gasteiger partial charge on any atom is 0.155 e. The molecule has 0 saturated carbocycles. The average Bonchev–Trinajstić information content (AvgIpc) is 1.96. The summed E-state index contributed by atoms with van der Waals surface area (Å²) < 4.78 is 4.98. The summed E-state index contributed by atoms with van der Waals surface area (Å²) in [5.41, 5.74) is 5.39. The molecule has 0 radical (unpaired) electrons. The van der Waals surface area contributed by atoms with E-state index < -0.39 is 12.4 Å². The van der Waals surface area contributed by atoms with E-state index in [1.807, 2.05) is 0 Å². The smallest absolute Gasteiger partial charge is 0.155 e. The molecule has 0 spiro atoms. The van der Waals surface area contributed by atoms with Crippen LogP contribution in [0.5, 0.6) is 0 Å². The Balaban J connectivity index is 2.51. The molecule has 1 unspecified atom stereocenters. The highest BCUT2D eigenvalue weighted by Gasteiger charge is 2.33. The Morgan fingerprint density at radius 1 is 1.55 bits per heavy atom. The molecule has 4 N–H and O–H groups in total. The van der Waals surface area contributed by atoms with Crippen molar-refractivity contribution in [2.45, 2.75) is 31.8 Å². The van der Waals surface area contributed by atoms with Crippen molar-refractivity contribution in [3.8, 4) is 0 Å². The molecule has 0 aromatic heterocycles. The van der Waals surface area contributed by atoms with Crippen LogP contribution in [-0.4, -0.2) is 35.3 Å². The second kappa shape index (κ2) is 3.49. The van der Waals surface area contributed by atoms with Crippen molar-refractivity contribution in [3.63, 3.8) is 0 Å². The Morgan fingerprint density at radius 2 is 2.18 bits per heavy atom. The largest absolute Gasteiger partial charge is 0.390 e. The lowest BCUT2D eigenvalue weighted by molar-refractivity contribution is -0.210. The molecule has 4 heteroatoms. The highest BCUT2D eigenvalue weighted by Crippen LogP contribution is 2.22. The number of aliphatic hydroxyl groups is 2. The predicted molar refractivity (Wildman–Crippen MR) is 39.7 cm³/mol. The summed E-state index contributed by atoms with van der Waals surface area (Å²) in [5.74, 6) is -0.0336. The Morgan fingerprint density at radius 3 is 2.73 bits per heavy atom. The van der Waals surface area contributed by atoms with E-state index in [2.05, 4.69) is 0 Å². The first-order valence-electron chi connectivity index (χ1n) is 3.86. The molecule has 1 aliphatic rings. The first-order chi connectivity index (χ1) is 5.15. The van der Waals surface area contributed by atoms with Gasteiger partial charge in [-0.1, -0.05) is 0 Å². The molecule has 0 aliphatic carbocycles. The van der Waals surface area contributed by atoms with Gasteiger partial charge in [-0.05, 0) is 13.5 Å². The van der Waals surface area contributed by atoms with Gasteiger partial charge in [0.2, 0.25) is 0 Å². The van der Waals surface area contributed by atoms with Gasteiger partial charge in [-0.15, -0.1) is 0 Å². The van der Waals surface area contributed by atoms with E-state index in [1.165, 1.54) is 0 Å². The quantitative estimate of drug-likeness (QED) is 0.463. The molecule has 0 aromatic rings. The maximum absolute atomic E-state index is 9.44. The summed E-state index contributed by atoms with van der Waals surface area (Å²) in [6, 6.07) is 0. The number of hydrogen-bond acceptors (Lipinski definition) is 4. The Bertz CT molecular complexity index is 131. The van der Waals surface area contributed by atoms with E-state index in [-0.39, 0.29) is 12.0 Å². The Kier molecular flexibility index (Phi) is 2.84. The molecule has 1 rings (SSSR count). The van der Waals surface area contributed by atoms with Crippen molar-refractivity contribution in [1.29, 1.82) is 0 Å². The molecular formula is C7H15NO3. The number of aliphatic hydroxyl groups excluding tert-OH is 2. The molecule has 11 heavy (non-hydrogen) atoms. The number of hydrogen-bond donors (Lipinski definition) is 3. The van der Waals surface area contributed by atoms with Crippen molar-refractivity contribution < 1.29 is 14.9 Å². The van der Waals surface area contributed by atoms with Gasteiger partial charge in [0.15, 0.2) is 6.29 Å². The first kappa shape index (κ1) is 8.93. The molecule has 0 amide bonds. The molecule has 4 atom stereocenters. The van der Waals surface area contributed by atoms with Gasteiger partial charge in [0.25, 0.3) is 0 Å². The third-order valence-electron chi connectivity index (χ3n) is 2.14. The van der Waals surface area contributed by atoms with Crippen LogP contribution in [0.3, 0.4) is 0 Å². The van der Waals surface area contributed by atoms with Gasteiger partial charge in [0.1, 0.15) is 0 Å². The Hall–Kier alpha value is -0.160. The highest BCUT2D eigenvalue weighted by atomic mass is 16.6. The molecule has 1 fully saturated rings. The summed E-state index contributed by atoms with van der Waals surface area (Å²) in [7, 11) is 0. The van der Waals surface area contributed by atoms with Crippen molar-refractivity contribution in [3.05, 3.63) is 0 Å². The lowest BCUT2D eigenvalue weighted by atomic mass is 9.92. The molecule has 1 aliphatic heterocycles. The van der Waals surface area contributed by atoms with E-state index in [9.17, 15) is 5.11 Å². The van der Waals surface area contributed by atoms with Crippen LogP contribution >= 0.6 is 0 Å². The molecule has 1 heterocycles. The van der Waals surface area contributed by atoms with E-state index in [4.69, 9.17) is 15.6 Å². The van der Waals surface area contributed by atoms with Gasteiger partial charge in [0, 0.05) is 12.3 Å². The van der Waals surface area contributed by atoms with Crippen LogP contribution in [-0.2, 0) is 4.74 Å². The van der Waals surface area contributed by atoms with Gasteiger partial charge >= 0.3 is 0 Å². The zero-order valence-electron chi connectivity index (χ0n) is 6.60. The number of nitrogens with two attached hydrogens (primary N) is 1. The summed E-state index contributed by atoms with van der Waals surface area (Å²) in [5, 5.41) is 18.5.